The zero-order valence-electron chi connectivity index (χ0n) is 10.2. The first-order chi connectivity index (χ1) is 9.56. The van der Waals surface area contributed by atoms with Gasteiger partial charge in [-0.25, -0.2) is 4.39 Å². The maximum absolute atomic E-state index is 13.4. The van der Waals surface area contributed by atoms with Crippen molar-refractivity contribution in [3.8, 4) is 0 Å². The van der Waals surface area contributed by atoms with E-state index in [1.54, 1.807) is 36.4 Å². The first kappa shape index (κ1) is 15.3. The molecule has 6 heteroatoms. The minimum absolute atomic E-state index is 0.348. The highest BCUT2D eigenvalue weighted by Gasteiger charge is 2.09. The second-order valence-corrected chi connectivity index (χ2v) is 5.86. The highest BCUT2D eigenvalue weighted by molar-refractivity contribution is 9.10. The highest BCUT2D eigenvalue weighted by atomic mass is 79.9. The van der Waals surface area contributed by atoms with Gasteiger partial charge in [-0.15, -0.1) is 0 Å². The molecule has 0 heterocycles. The number of para-hydroxylation sites is 1. The van der Waals surface area contributed by atoms with Gasteiger partial charge in [0.25, 0.3) is 5.76 Å². The van der Waals surface area contributed by atoms with E-state index >= 15 is 0 Å². The average Bonchev–Trinajstić information content (AvgIpc) is 2.41. The lowest BCUT2D eigenvalue weighted by Gasteiger charge is -2.11. The van der Waals surface area contributed by atoms with Crippen LogP contribution in [0.2, 0.25) is 0 Å². The van der Waals surface area contributed by atoms with E-state index in [4.69, 9.17) is 0 Å². The lowest BCUT2D eigenvalue weighted by atomic mass is 10.2. The summed E-state index contributed by atoms with van der Waals surface area (Å²) >= 11 is 3.57. The van der Waals surface area contributed by atoms with Gasteiger partial charge in [0.15, 0.2) is 0 Å². The Kier molecular flexibility index (Phi) is 5.37. The summed E-state index contributed by atoms with van der Waals surface area (Å²) in [6.07, 6.45) is 0. The van der Waals surface area contributed by atoms with Crippen LogP contribution in [0, 0.1) is 5.82 Å². The third-order valence-electron chi connectivity index (χ3n) is 2.57. The summed E-state index contributed by atoms with van der Waals surface area (Å²) in [5, 5.41) is 3.05. The minimum Gasteiger partial charge on any atom is -0.380 e. The number of nitrogens with one attached hydrogen (secondary N) is 1. The number of alkyl halides is 2. The maximum atomic E-state index is 13.4. The molecule has 0 aliphatic heterocycles. The monoisotopic (exact) mass is 361 g/mol. The first-order valence-corrected chi connectivity index (χ1v) is 7.45. The van der Waals surface area contributed by atoms with Crippen molar-refractivity contribution in [1.82, 2.24) is 0 Å². The van der Waals surface area contributed by atoms with E-state index in [2.05, 4.69) is 21.2 Å². The smallest absolute Gasteiger partial charge is 0.288 e. The Morgan fingerprint density at radius 1 is 1.15 bits per heavy atom. The zero-order chi connectivity index (χ0) is 14.5. The predicted octanol–water partition coefficient (Wildman–Crippen LogP) is 5.52. The molecule has 0 radical (unpaired) electrons. The Labute approximate surface area is 127 Å². The molecule has 1 N–H and O–H groups in total. The van der Waals surface area contributed by atoms with Crippen LogP contribution in [0.1, 0.15) is 5.56 Å². The normalized spacial score (nSPS) is 10.8. The second kappa shape index (κ2) is 7.04. The highest BCUT2D eigenvalue weighted by Crippen LogP contribution is 2.31. The van der Waals surface area contributed by atoms with Gasteiger partial charge in [-0.1, -0.05) is 30.0 Å². The van der Waals surface area contributed by atoms with Gasteiger partial charge in [-0.2, -0.15) is 8.78 Å². The van der Waals surface area contributed by atoms with Gasteiger partial charge < -0.3 is 5.32 Å². The van der Waals surface area contributed by atoms with Gasteiger partial charge in [0.2, 0.25) is 0 Å². The molecular formula is C14H11BrF3NS. The van der Waals surface area contributed by atoms with Gasteiger partial charge >= 0.3 is 0 Å². The molecule has 0 aliphatic carbocycles. The van der Waals surface area contributed by atoms with Crippen LogP contribution in [0.5, 0.6) is 0 Å². The fourth-order valence-corrected chi connectivity index (χ4v) is 2.52. The Balaban J connectivity index is 2.08. The third kappa shape index (κ3) is 4.18. The standard InChI is InChI=1S/C14H11BrF3NS/c15-10-6-5-9(7-11(10)16)8-19-12-3-1-2-4-13(12)20-14(17)18/h1-7,14,19H,8H2. The van der Waals surface area contributed by atoms with Gasteiger partial charge in [-0.3, -0.25) is 0 Å². The second-order valence-electron chi connectivity index (χ2n) is 3.98. The minimum atomic E-state index is -2.47. The third-order valence-corrected chi connectivity index (χ3v) is 4.00. The summed E-state index contributed by atoms with van der Waals surface area (Å²) in [5.74, 6) is -2.82. The van der Waals surface area contributed by atoms with Crippen LogP contribution in [0.3, 0.4) is 0 Å². The molecule has 2 rings (SSSR count). The molecule has 106 valence electrons. The predicted molar refractivity (Wildman–Crippen MR) is 79.7 cm³/mol. The van der Waals surface area contributed by atoms with Crippen LogP contribution in [-0.4, -0.2) is 5.76 Å². The molecule has 0 spiro atoms. The van der Waals surface area contributed by atoms with Crippen LogP contribution in [0.15, 0.2) is 51.8 Å². The quantitative estimate of drug-likeness (QED) is 0.704. The van der Waals surface area contributed by atoms with E-state index in [-0.39, 0.29) is 5.82 Å². The van der Waals surface area contributed by atoms with E-state index in [1.807, 2.05) is 0 Å². The summed E-state index contributed by atoms with van der Waals surface area (Å²) < 4.78 is 38.7. The maximum Gasteiger partial charge on any atom is 0.288 e. The van der Waals surface area contributed by atoms with Gasteiger partial charge in [0, 0.05) is 17.1 Å². The van der Waals surface area contributed by atoms with Crippen LogP contribution in [0.25, 0.3) is 0 Å². The topological polar surface area (TPSA) is 12.0 Å². The molecule has 0 saturated heterocycles. The van der Waals surface area contributed by atoms with Crippen molar-refractivity contribution in [3.05, 3.63) is 58.3 Å². The molecule has 0 bridgehead atoms. The number of benzene rings is 2. The average molecular weight is 362 g/mol. The van der Waals surface area contributed by atoms with Crippen LogP contribution in [0.4, 0.5) is 18.9 Å². The van der Waals surface area contributed by atoms with Gasteiger partial charge in [0.05, 0.1) is 4.47 Å². The molecule has 0 amide bonds. The van der Waals surface area contributed by atoms with Crippen molar-refractivity contribution >= 4 is 33.4 Å². The van der Waals surface area contributed by atoms with Crippen LogP contribution >= 0.6 is 27.7 Å². The van der Waals surface area contributed by atoms with Gasteiger partial charge in [0.1, 0.15) is 5.82 Å². The summed E-state index contributed by atoms with van der Waals surface area (Å²) in [6, 6.07) is 11.6. The number of halogens is 4. The molecule has 2 aromatic rings. The number of hydrogen-bond acceptors (Lipinski definition) is 2. The van der Waals surface area contributed by atoms with Crippen molar-refractivity contribution in [2.75, 3.05) is 5.32 Å². The van der Waals surface area contributed by atoms with Crippen molar-refractivity contribution in [1.29, 1.82) is 0 Å². The van der Waals surface area contributed by atoms with Gasteiger partial charge in [-0.05, 0) is 45.8 Å². The molecule has 20 heavy (non-hydrogen) atoms. The molecule has 0 aliphatic rings. The number of rotatable bonds is 5. The SMILES string of the molecule is Fc1cc(CNc2ccccc2SC(F)F)ccc1Br. The molecule has 0 atom stereocenters. The number of anilines is 1. The Bertz CT molecular complexity index is 592. The Morgan fingerprint density at radius 2 is 1.90 bits per heavy atom. The Hall–Kier alpha value is -1.14. The number of thioether (sulfide) groups is 1. The fraction of sp³-hybridized carbons (Fsp3) is 0.143. The van der Waals surface area contributed by atoms with Crippen molar-refractivity contribution in [3.63, 3.8) is 0 Å². The van der Waals surface area contributed by atoms with E-state index < -0.39 is 5.76 Å². The van der Waals surface area contributed by atoms with Crippen LogP contribution < -0.4 is 5.32 Å². The summed E-state index contributed by atoms with van der Waals surface area (Å²) in [4.78, 5) is 0.472. The van der Waals surface area contributed by atoms with E-state index in [1.165, 1.54) is 6.07 Å². The molecule has 0 aromatic heterocycles. The summed E-state index contributed by atoms with van der Waals surface area (Å²) in [6.45, 7) is 0.366. The van der Waals surface area contributed by atoms with Crippen molar-refractivity contribution < 1.29 is 13.2 Å². The molecule has 0 saturated carbocycles. The lowest BCUT2D eigenvalue weighted by molar-refractivity contribution is 0.252. The first-order valence-electron chi connectivity index (χ1n) is 5.78. The molecule has 0 fully saturated rings. The van der Waals surface area contributed by atoms with E-state index in [0.717, 1.165) is 5.56 Å². The van der Waals surface area contributed by atoms with Crippen molar-refractivity contribution in [2.24, 2.45) is 0 Å². The van der Waals surface area contributed by atoms with Crippen molar-refractivity contribution in [2.45, 2.75) is 17.2 Å². The van der Waals surface area contributed by atoms with E-state index in [9.17, 15) is 13.2 Å². The van der Waals surface area contributed by atoms with Crippen LogP contribution in [-0.2, 0) is 6.54 Å². The molecule has 2 aromatic carbocycles. The number of hydrogen-bond donors (Lipinski definition) is 1. The largest absolute Gasteiger partial charge is 0.380 e. The zero-order valence-corrected chi connectivity index (χ0v) is 12.6. The Morgan fingerprint density at radius 3 is 2.60 bits per heavy atom. The van der Waals surface area contributed by atoms with E-state index in [0.29, 0.717) is 33.4 Å². The molecular weight excluding hydrogens is 351 g/mol. The summed E-state index contributed by atoms with van der Waals surface area (Å²) in [7, 11) is 0. The fourth-order valence-electron chi connectivity index (χ4n) is 1.66. The molecule has 1 nitrogen and oxygen atoms in total. The molecule has 0 unspecified atom stereocenters. The summed E-state index contributed by atoms with van der Waals surface area (Å²) in [5.41, 5.74) is 1.35. The lowest BCUT2D eigenvalue weighted by Crippen LogP contribution is -2.01.